The molecular weight excluding hydrogens is 454 g/mol. The number of ketones is 1. The van der Waals surface area contributed by atoms with Gasteiger partial charge in [0.05, 0.1) is 23.1 Å². The van der Waals surface area contributed by atoms with Crippen LogP contribution in [0.2, 0.25) is 0 Å². The summed E-state index contributed by atoms with van der Waals surface area (Å²) in [6.45, 7) is -0.359. The number of amides is 2. The zero-order valence-corrected chi connectivity index (χ0v) is 19.6. The molecule has 2 saturated carbocycles. The molecule has 2 amide bonds. The standard InChI is InChI=1S/C30H25NO5/c32-25(19-9-5-2-6-10-19)17-36-30(35)20-11-13-22(14-12-20)31-28(33)26-21-15-23(18-7-3-1-4-8-18)24(16-21)27(26)29(31)34/h1-14,21,23-24,26-27H,15-17H2/t21-,23-,24+,26+,27-/m0/s1. The predicted octanol–water partition coefficient (Wildman–Crippen LogP) is 4.66. The van der Waals surface area contributed by atoms with Gasteiger partial charge in [0.2, 0.25) is 11.8 Å². The highest BCUT2D eigenvalue weighted by molar-refractivity contribution is 6.22. The number of Topliss-reactive ketones (excluding diaryl/α,β-unsaturated/α-hetero) is 1. The molecule has 2 bridgehead atoms. The molecule has 180 valence electrons. The van der Waals surface area contributed by atoms with Gasteiger partial charge in [-0.3, -0.25) is 19.3 Å². The number of imide groups is 1. The molecule has 6 heteroatoms. The molecule has 0 aromatic heterocycles. The number of ether oxygens (including phenoxy) is 1. The van der Waals surface area contributed by atoms with Crippen LogP contribution in [0, 0.1) is 23.7 Å². The van der Waals surface area contributed by atoms with E-state index in [1.54, 1.807) is 42.5 Å². The molecule has 3 fully saturated rings. The van der Waals surface area contributed by atoms with E-state index in [1.807, 2.05) is 18.2 Å². The van der Waals surface area contributed by atoms with Crippen molar-refractivity contribution in [3.05, 3.63) is 102 Å². The van der Waals surface area contributed by atoms with Crippen molar-refractivity contribution in [2.75, 3.05) is 11.5 Å². The van der Waals surface area contributed by atoms with Crippen LogP contribution in [0.4, 0.5) is 5.69 Å². The number of hydrogen-bond donors (Lipinski definition) is 0. The fourth-order valence-electron chi connectivity index (χ4n) is 6.47. The molecule has 1 heterocycles. The zero-order valence-electron chi connectivity index (χ0n) is 19.6. The Hall–Kier alpha value is -4.06. The Morgan fingerprint density at radius 2 is 1.39 bits per heavy atom. The first-order valence-corrected chi connectivity index (χ1v) is 12.3. The summed E-state index contributed by atoms with van der Waals surface area (Å²) in [5.41, 5.74) is 2.44. The lowest BCUT2D eigenvalue weighted by molar-refractivity contribution is -0.123. The van der Waals surface area contributed by atoms with Gasteiger partial charge in [0.1, 0.15) is 0 Å². The Kier molecular flexibility index (Phi) is 5.52. The maximum atomic E-state index is 13.5. The molecule has 0 radical (unpaired) electrons. The number of carbonyl (C=O) groups excluding carboxylic acids is 4. The van der Waals surface area contributed by atoms with Gasteiger partial charge in [-0.15, -0.1) is 0 Å². The van der Waals surface area contributed by atoms with Gasteiger partial charge < -0.3 is 4.74 Å². The summed E-state index contributed by atoms with van der Waals surface area (Å²) in [6.07, 6.45) is 1.86. The SMILES string of the molecule is O=C(COC(=O)c1ccc(N2C(=O)[C@@H]3[C@@H]4C[C@@H]([C@@H]3C2=O)[C@H](c2ccccc2)C4)cc1)c1ccccc1. The van der Waals surface area contributed by atoms with Crippen molar-refractivity contribution in [2.45, 2.75) is 18.8 Å². The molecule has 3 aromatic rings. The lowest BCUT2D eigenvalue weighted by Crippen LogP contribution is -2.33. The van der Waals surface area contributed by atoms with Crippen molar-refractivity contribution >= 4 is 29.3 Å². The van der Waals surface area contributed by atoms with Crippen molar-refractivity contribution in [3.63, 3.8) is 0 Å². The van der Waals surface area contributed by atoms with Gasteiger partial charge >= 0.3 is 5.97 Å². The van der Waals surface area contributed by atoms with E-state index < -0.39 is 5.97 Å². The third-order valence-corrected chi connectivity index (χ3v) is 8.03. The van der Waals surface area contributed by atoms with Gasteiger partial charge in [0.25, 0.3) is 0 Å². The minimum atomic E-state index is -0.634. The van der Waals surface area contributed by atoms with E-state index in [-0.39, 0.29) is 53.4 Å². The van der Waals surface area contributed by atoms with Crippen LogP contribution in [0.15, 0.2) is 84.9 Å². The van der Waals surface area contributed by atoms with Crippen molar-refractivity contribution in [1.82, 2.24) is 0 Å². The first kappa shape index (κ1) is 22.4. The highest BCUT2D eigenvalue weighted by Gasteiger charge is 2.64. The van der Waals surface area contributed by atoms with Crippen LogP contribution in [0.5, 0.6) is 0 Å². The quantitative estimate of drug-likeness (QED) is 0.292. The van der Waals surface area contributed by atoms with Crippen LogP contribution in [-0.4, -0.2) is 30.2 Å². The summed E-state index contributed by atoms with van der Waals surface area (Å²) >= 11 is 0. The highest BCUT2D eigenvalue weighted by atomic mass is 16.5. The van der Waals surface area contributed by atoms with Gasteiger partial charge in [-0.1, -0.05) is 60.7 Å². The average molecular weight is 480 g/mol. The Balaban J connectivity index is 1.14. The fourth-order valence-corrected chi connectivity index (χ4v) is 6.47. The van der Waals surface area contributed by atoms with Crippen molar-refractivity contribution in [2.24, 2.45) is 23.7 Å². The number of nitrogens with zero attached hydrogens (tertiary/aromatic N) is 1. The van der Waals surface area contributed by atoms with E-state index in [9.17, 15) is 19.2 Å². The summed E-state index contributed by atoms with van der Waals surface area (Å²) in [5, 5.41) is 0. The molecule has 6 rings (SSSR count). The van der Waals surface area contributed by atoms with E-state index >= 15 is 0 Å². The Labute approximate surface area is 208 Å². The lowest BCUT2D eigenvalue weighted by Gasteiger charge is -2.28. The number of anilines is 1. The molecule has 0 spiro atoms. The molecule has 3 aliphatic rings. The summed E-state index contributed by atoms with van der Waals surface area (Å²) in [7, 11) is 0. The van der Waals surface area contributed by atoms with E-state index in [4.69, 9.17) is 4.74 Å². The number of carbonyl (C=O) groups is 4. The molecule has 36 heavy (non-hydrogen) atoms. The summed E-state index contributed by atoms with van der Waals surface area (Å²) < 4.78 is 5.17. The Morgan fingerprint density at radius 3 is 2.08 bits per heavy atom. The summed E-state index contributed by atoms with van der Waals surface area (Å²) in [4.78, 5) is 52.7. The van der Waals surface area contributed by atoms with Crippen molar-refractivity contribution in [3.8, 4) is 0 Å². The van der Waals surface area contributed by atoms with Gasteiger partial charge in [0, 0.05) is 5.56 Å². The lowest BCUT2D eigenvalue weighted by atomic mass is 9.73. The topological polar surface area (TPSA) is 80.8 Å². The van der Waals surface area contributed by atoms with Crippen LogP contribution in [0.25, 0.3) is 0 Å². The number of fused-ring (bicyclic) bond motifs is 5. The maximum Gasteiger partial charge on any atom is 0.338 e. The van der Waals surface area contributed by atoms with Crippen LogP contribution in [0.1, 0.15) is 45.0 Å². The van der Waals surface area contributed by atoms with Gasteiger partial charge in [-0.05, 0) is 60.4 Å². The normalized spacial score (nSPS) is 26.2. The Morgan fingerprint density at radius 1 is 0.750 bits per heavy atom. The largest absolute Gasteiger partial charge is 0.454 e. The molecule has 1 saturated heterocycles. The van der Waals surface area contributed by atoms with Gasteiger partial charge in [-0.2, -0.15) is 0 Å². The summed E-state index contributed by atoms with van der Waals surface area (Å²) in [6, 6.07) is 25.2. The van der Waals surface area contributed by atoms with Crippen molar-refractivity contribution < 1.29 is 23.9 Å². The van der Waals surface area contributed by atoms with Crippen LogP contribution < -0.4 is 4.90 Å². The van der Waals surface area contributed by atoms with E-state index in [2.05, 4.69) is 12.1 Å². The number of esters is 1. The second-order valence-corrected chi connectivity index (χ2v) is 9.89. The van der Waals surface area contributed by atoms with Gasteiger partial charge in [0.15, 0.2) is 12.4 Å². The zero-order chi connectivity index (χ0) is 24.8. The van der Waals surface area contributed by atoms with Crippen molar-refractivity contribution in [1.29, 1.82) is 0 Å². The monoisotopic (exact) mass is 479 g/mol. The number of rotatable bonds is 6. The molecule has 6 nitrogen and oxygen atoms in total. The minimum Gasteiger partial charge on any atom is -0.454 e. The second-order valence-electron chi connectivity index (χ2n) is 9.89. The van der Waals surface area contributed by atoms with Crippen LogP contribution in [-0.2, 0) is 14.3 Å². The summed E-state index contributed by atoms with van der Waals surface area (Å²) in [5.74, 6) is -1.01. The number of hydrogen-bond acceptors (Lipinski definition) is 5. The maximum absolute atomic E-state index is 13.5. The third-order valence-electron chi connectivity index (χ3n) is 8.03. The molecule has 5 atom stereocenters. The first-order valence-electron chi connectivity index (χ1n) is 12.3. The highest BCUT2D eigenvalue weighted by Crippen LogP contribution is 2.61. The molecule has 0 N–H and O–H groups in total. The molecular formula is C30H25NO5. The molecule has 2 aliphatic carbocycles. The van der Waals surface area contributed by atoms with E-state index in [0.29, 0.717) is 17.2 Å². The predicted molar refractivity (Wildman–Crippen MR) is 132 cm³/mol. The van der Waals surface area contributed by atoms with E-state index in [1.165, 1.54) is 22.6 Å². The Bertz CT molecular complexity index is 1330. The first-order chi connectivity index (χ1) is 17.5. The minimum absolute atomic E-state index is 0.132. The smallest absolute Gasteiger partial charge is 0.338 e. The molecule has 3 aromatic carbocycles. The molecule has 0 unspecified atom stereocenters. The van der Waals surface area contributed by atoms with Gasteiger partial charge in [-0.25, -0.2) is 4.79 Å². The van der Waals surface area contributed by atoms with Crippen LogP contribution >= 0.6 is 0 Å². The van der Waals surface area contributed by atoms with E-state index in [0.717, 1.165) is 12.8 Å². The van der Waals surface area contributed by atoms with Crippen LogP contribution in [0.3, 0.4) is 0 Å². The molecule has 1 aliphatic heterocycles. The average Bonchev–Trinajstić information content (AvgIpc) is 3.59. The second kappa shape index (κ2) is 8.86. The number of benzene rings is 3. The third kappa shape index (κ3) is 3.65. The fraction of sp³-hybridized carbons (Fsp3) is 0.267.